The summed E-state index contributed by atoms with van der Waals surface area (Å²) < 4.78 is 20.8. The molecule has 2 bridgehead atoms. The maximum atomic E-state index is 13.4. The number of hydrogen-bond donors (Lipinski definition) is 1. The lowest BCUT2D eigenvalue weighted by Gasteiger charge is -2.64. The molecule has 1 aromatic carbocycles. The van der Waals surface area contributed by atoms with Crippen LogP contribution in [0.25, 0.3) is 0 Å². The van der Waals surface area contributed by atoms with Crippen LogP contribution in [-0.2, 0) is 20.4 Å². The van der Waals surface area contributed by atoms with E-state index in [1.807, 2.05) is 11.6 Å². The number of nitrogens with one attached hydrogen (secondary N) is 1. The maximum absolute atomic E-state index is 13.4. The van der Waals surface area contributed by atoms with Crippen molar-refractivity contribution in [3.8, 4) is 0 Å². The van der Waals surface area contributed by atoms with E-state index >= 15 is 0 Å². The third-order valence-electron chi connectivity index (χ3n) is 10.9. The SMILES string of the molecule is CCOC(=O)[C@]1(C)CCC[C@@]2(C)[C@@H]3CC[C@@]4(C)C[C@]3(CC[C@@H]21)c1cn(C(=S)Nc2ccc(F)cc2)nc14. The zero-order chi connectivity index (χ0) is 26.2. The van der Waals surface area contributed by atoms with Crippen molar-refractivity contribution in [2.75, 3.05) is 11.9 Å². The number of rotatable bonds is 3. The summed E-state index contributed by atoms with van der Waals surface area (Å²) >= 11 is 5.73. The summed E-state index contributed by atoms with van der Waals surface area (Å²) in [6.45, 7) is 9.39. The minimum atomic E-state index is -0.405. The van der Waals surface area contributed by atoms with Crippen LogP contribution in [0, 0.1) is 28.5 Å². The number of aromatic nitrogens is 2. The van der Waals surface area contributed by atoms with E-state index in [0.717, 1.165) is 44.2 Å². The zero-order valence-electron chi connectivity index (χ0n) is 22.4. The van der Waals surface area contributed by atoms with E-state index in [1.54, 1.807) is 12.1 Å². The number of fused-ring (bicyclic) bond motifs is 5. The fraction of sp³-hybridized carbons (Fsp3) is 0.633. The number of benzene rings is 1. The number of carbonyl (C=O) groups excluding carboxylic acids is 1. The molecule has 7 heteroatoms. The van der Waals surface area contributed by atoms with Gasteiger partial charge < -0.3 is 10.1 Å². The van der Waals surface area contributed by atoms with Crippen LogP contribution in [-0.4, -0.2) is 27.5 Å². The Bertz CT molecular complexity index is 1260. The van der Waals surface area contributed by atoms with Crippen LogP contribution >= 0.6 is 12.2 Å². The quantitative estimate of drug-likeness (QED) is 0.356. The molecule has 0 aliphatic heterocycles. The van der Waals surface area contributed by atoms with Gasteiger partial charge in [0.1, 0.15) is 5.82 Å². The molecule has 5 nitrogen and oxygen atoms in total. The summed E-state index contributed by atoms with van der Waals surface area (Å²) in [5.74, 6) is 0.581. The number of esters is 1. The van der Waals surface area contributed by atoms with Crippen molar-refractivity contribution < 1.29 is 13.9 Å². The lowest BCUT2D eigenvalue weighted by atomic mass is 9.40. The molecular weight excluding hydrogens is 485 g/mol. The Labute approximate surface area is 224 Å². The van der Waals surface area contributed by atoms with Gasteiger partial charge in [-0.3, -0.25) is 4.79 Å². The first-order valence-corrected chi connectivity index (χ1v) is 14.3. The molecule has 37 heavy (non-hydrogen) atoms. The summed E-state index contributed by atoms with van der Waals surface area (Å²) in [4.78, 5) is 13.3. The highest BCUT2D eigenvalue weighted by molar-refractivity contribution is 7.80. The molecule has 2 aromatic rings. The summed E-state index contributed by atoms with van der Waals surface area (Å²) in [5, 5.41) is 8.80. The fourth-order valence-corrected chi connectivity index (χ4v) is 9.62. The van der Waals surface area contributed by atoms with E-state index in [2.05, 4.69) is 32.3 Å². The van der Waals surface area contributed by atoms with Gasteiger partial charge in [0.05, 0.1) is 17.7 Å². The Morgan fingerprint density at radius 3 is 2.59 bits per heavy atom. The summed E-state index contributed by atoms with van der Waals surface area (Å²) in [6, 6.07) is 6.23. The Hall–Kier alpha value is -2.28. The summed E-state index contributed by atoms with van der Waals surface area (Å²) in [6.07, 6.45) is 10.9. The Morgan fingerprint density at radius 1 is 1.14 bits per heavy atom. The van der Waals surface area contributed by atoms with Gasteiger partial charge in [-0.1, -0.05) is 20.3 Å². The van der Waals surface area contributed by atoms with E-state index in [0.29, 0.717) is 23.6 Å². The minimum Gasteiger partial charge on any atom is -0.466 e. The molecule has 3 saturated carbocycles. The summed E-state index contributed by atoms with van der Waals surface area (Å²) in [5.41, 5.74) is 3.12. The number of hydrogen-bond acceptors (Lipinski definition) is 4. The number of halogens is 1. The van der Waals surface area contributed by atoms with Crippen LogP contribution in [0.1, 0.15) is 90.3 Å². The Balaban J connectivity index is 1.35. The standard InChI is InChI=1S/C30H38FN3O2S/c1-5-36-25(35)29(4)14-6-13-28(3)22(29)12-16-30-18-27(2,15-11-23(28)30)24-21(30)17-34(33-24)26(37)32-20-9-7-19(31)8-10-20/h7-10,17,22-23H,5-6,11-16,18H2,1-4H3,(H,32,37)/t22-,23-,27-,28+,29+,30+/m0/s1. The van der Waals surface area contributed by atoms with Gasteiger partial charge in [-0.15, -0.1) is 0 Å². The van der Waals surface area contributed by atoms with Gasteiger partial charge in [-0.25, -0.2) is 9.07 Å². The predicted octanol–water partition coefficient (Wildman–Crippen LogP) is 6.75. The Kier molecular flexibility index (Phi) is 5.65. The molecule has 1 spiro atoms. The van der Waals surface area contributed by atoms with Crippen molar-refractivity contribution in [2.24, 2.45) is 22.7 Å². The van der Waals surface area contributed by atoms with Gasteiger partial charge in [-0.05, 0) is 113 Å². The van der Waals surface area contributed by atoms with Crippen LogP contribution in [0.15, 0.2) is 30.5 Å². The predicted molar refractivity (Wildman–Crippen MR) is 146 cm³/mol. The topological polar surface area (TPSA) is 56.1 Å². The molecule has 0 amide bonds. The van der Waals surface area contributed by atoms with E-state index in [9.17, 15) is 9.18 Å². The van der Waals surface area contributed by atoms with Gasteiger partial charge >= 0.3 is 5.97 Å². The molecule has 0 unspecified atom stereocenters. The van der Waals surface area contributed by atoms with Gasteiger partial charge in [0, 0.05) is 28.3 Å². The van der Waals surface area contributed by atoms with E-state index < -0.39 is 5.41 Å². The number of thiocarbonyl (C=S) groups is 1. The largest absolute Gasteiger partial charge is 0.466 e. The zero-order valence-corrected chi connectivity index (χ0v) is 23.2. The second-order valence-corrected chi connectivity index (χ2v) is 13.2. The molecular formula is C30H38FN3O2S. The monoisotopic (exact) mass is 523 g/mol. The first-order valence-electron chi connectivity index (χ1n) is 13.9. The molecule has 0 saturated heterocycles. The third-order valence-corrected chi connectivity index (χ3v) is 11.2. The number of anilines is 1. The molecule has 4 aliphatic carbocycles. The van der Waals surface area contributed by atoms with Crippen LogP contribution in [0.5, 0.6) is 0 Å². The Morgan fingerprint density at radius 2 is 1.86 bits per heavy atom. The van der Waals surface area contributed by atoms with Crippen molar-refractivity contribution in [2.45, 2.75) is 89.9 Å². The fourth-order valence-electron chi connectivity index (χ4n) is 9.41. The minimum absolute atomic E-state index is 0.000306. The molecule has 198 valence electrons. The molecule has 1 aromatic heterocycles. The number of carbonyl (C=O) groups is 1. The van der Waals surface area contributed by atoms with Gasteiger partial charge in [0.25, 0.3) is 0 Å². The van der Waals surface area contributed by atoms with Gasteiger partial charge in [0.2, 0.25) is 0 Å². The van der Waals surface area contributed by atoms with E-state index in [-0.39, 0.29) is 28.0 Å². The molecule has 6 atom stereocenters. The van der Waals surface area contributed by atoms with Gasteiger partial charge in [-0.2, -0.15) is 5.10 Å². The highest BCUT2D eigenvalue weighted by Crippen LogP contribution is 2.72. The van der Waals surface area contributed by atoms with Crippen molar-refractivity contribution >= 4 is 29.0 Å². The first kappa shape index (κ1) is 25.0. The van der Waals surface area contributed by atoms with Crippen LogP contribution in [0.2, 0.25) is 0 Å². The summed E-state index contributed by atoms with van der Waals surface area (Å²) in [7, 11) is 0. The lowest BCUT2D eigenvalue weighted by Crippen LogP contribution is -2.60. The average molecular weight is 524 g/mol. The normalized spacial score (nSPS) is 37.8. The van der Waals surface area contributed by atoms with Crippen LogP contribution in [0.3, 0.4) is 0 Å². The second-order valence-electron chi connectivity index (χ2n) is 12.8. The average Bonchev–Trinajstić information content (AvgIpc) is 3.38. The smallest absolute Gasteiger partial charge is 0.312 e. The van der Waals surface area contributed by atoms with Crippen molar-refractivity contribution in [3.63, 3.8) is 0 Å². The third kappa shape index (κ3) is 3.48. The van der Waals surface area contributed by atoms with Crippen molar-refractivity contribution in [1.82, 2.24) is 9.78 Å². The van der Waals surface area contributed by atoms with Crippen molar-refractivity contribution in [1.29, 1.82) is 0 Å². The molecule has 1 N–H and O–H groups in total. The highest BCUT2D eigenvalue weighted by Gasteiger charge is 2.68. The molecule has 6 rings (SSSR count). The molecule has 1 heterocycles. The van der Waals surface area contributed by atoms with Crippen LogP contribution in [0.4, 0.5) is 10.1 Å². The second kappa shape index (κ2) is 8.36. The van der Waals surface area contributed by atoms with Gasteiger partial charge in [0.15, 0.2) is 5.11 Å². The molecule has 4 aliphatic rings. The maximum Gasteiger partial charge on any atom is 0.312 e. The number of ether oxygens (including phenoxy) is 1. The molecule has 0 radical (unpaired) electrons. The van der Waals surface area contributed by atoms with Crippen LogP contribution < -0.4 is 5.32 Å². The van der Waals surface area contributed by atoms with Crippen molar-refractivity contribution in [3.05, 3.63) is 47.5 Å². The van der Waals surface area contributed by atoms with E-state index in [1.165, 1.54) is 36.2 Å². The lowest BCUT2D eigenvalue weighted by molar-refractivity contribution is -0.180. The molecule has 3 fully saturated rings. The first-order chi connectivity index (χ1) is 17.6. The number of nitrogens with zero attached hydrogens (tertiary/aromatic N) is 2. The highest BCUT2D eigenvalue weighted by atomic mass is 32.1. The van der Waals surface area contributed by atoms with E-state index in [4.69, 9.17) is 22.1 Å².